The summed E-state index contributed by atoms with van der Waals surface area (Å²) >= 11 is 5.80. The first kappa shape index (κ1) is 18.5. The molecule has 0 aliphatic rings. The summed E-state index contributed by atoms with van der Waals surface area (Å²) in [5.74, 6) is -2.24. The molecule has 0 spiro atoms. The van der Waals surface area contributed by atoms with Gasteiger partial charge in [0.25, 0.3) is 0 Å². The van der Waals surface area contributed by atoms with Gasteiger partial charge in [-0.15, -0.1) is 0 Å². The van der Waals surface area contributed by atoms with Gasteiger partial charge in [0.15, 0.2) is 0 Å². The van der Waals surface area contributed by atoms with E-state index in [1.807, 2.05) is 13.0 Å². The summed E-state index contributed by atoms with van der Waals surface area (Å²) < 4.78 is 0. The summed E-state index contributed by atoms with van der Waals surface area (Å²) in [6.45, 7) is 1.97. The van der Waals surface area contributed by atoms with Crippen LogP contribution in [-0.4, -0.2) is 30.8 Å². The van der Waals surface area contributed by atoms with Crippen LogP contribution < -0.4 is 16.0 Å². The van der Waals surface area contributed by atoms with E-state index in [1.165, 1.54) is 18.2 Å². The molecule has 8 heteroatoms. The number of amides is 3. The van der Waals surface area contributed by atoms with Crippen LogP contribution >= 0.6 is 11.6 Å². The second-order valence-corrected chi connectivity index (χ2v) is 5.08. The van der Waals surface area contributed by atoms with Crippen molar-refractivity contribution in [3.05, 3.63) is 28.8 Å². The van der Waals surface area contributed by atoms with Crippen LogP contribution in [0.15, 0.2) is 18.2 Å². The lowest BCUT2D eigenvalue weighted by atomic mass is 10.2. The van der Waals surface area contributed by atoms with Gasteiger partial charge in [-0.1, -0.05) is 24.9 Å². The highest BCUT2D eigenvalue weighted by atomic mass is 35.5. The lowest BCUT2D eigenvalue weighted by Gasteiger charge is -2.09. The Labute approximate surface area is 139 Å². The number of rotatable bonds is 6. The Morgan fingerprint density at radius 1 is 1.22 bits per heavy atom. The highest BCUT2D eigenvalue weighted by molar-refractivity contribution is 6.35. The summed E-state index contributed by atoms with van der Waals surface area (Å²) in [5.41, 5.74) is 0.484. The van der Waals surface area contributed by atoms with Gasteiger partial charge in [0, 0.05) is 11.6 Å². The molecule has 0 saturated carbocycles. The number of nitrogens with zero attached hydrogens (tertiary/aromatic N) is 1. The Morgan fingerprint density at radius 3 is 2.57 bits per heavy atom. The number of unbranched alkanes of at least 4 members (excludes halogenated alkanes) is 1. The molecule has 0 bridgehead atoms. The summed E-state index contributed by atoms with van der Waals surface area (Å²) in [6.07, 6.45) is 1.66. The predicted molar refractivity (Wildman–Crippen MR) is 85.7 cm³/mol. The van der Waals surface area contributed by atoms with Crippen LogP contribution in [0, 0.1) is 11.3 Å². The maximum absolute atomic E-state index is 11.8. The number of benzene rings is 1. The smallest absolute Gasteiger partial charge is 0.309 e. The molecule has 23 heavy (non-hydrogen) atoms. The standard InChI is InChI=1S/C15H17ClN4O3/c1-2-3-6-18-14(22)15(23)19-9-13(21)20-12-7-11(16)5-4-10(12)8-17/h4-5,7H,2-3,6,9H2,1H3,(H,18,22)(H,19,23)(H,20,21). The molecule has 3 amide bonds. The molecular formula is C15H17ClN4O3. The van der Waals surface area contributed by atoms with Crippen molar-refractivity contribution in [3.63, 3.8) is 0 Å². The molecule has 0 fully saturated rings. The van der Waals surface area contributed by atoms with Crippen molar-refractivity contribution in [2.45, 2.75) is 19.8 Å². The number of hydrogen-bond donors (Lipinski definition) is 3. The Hall–Kier alpha value is -2.59. The average Bonchev–Trinajstić information content (AvgIpc) is 2.53. The zero-order valence-electron chi connectivity index (χ0n) is 12.6. The van der Waals surface area contributed by atoms with E-state index in [0.29, 0.717) is 11.6 Å². The Balaban J connectivity index is 2.49. The lowest BCUT2D eigenvalue weighted by Crippen LogP contribution is -2.43. The van der Waals surface area contributed by atoms with Gasteiger partial charge < -0.3 is 16.0 Å². The molecule has 0 saturated heterocycles. The maximum Gasteiger partial charge on any atom is 0.309 e. The minimum atomic E-state index is -0.886. The van der Waals surface area contributed by atoms with Gasteiger partial charge in [0.2, 0.25) is 5.91 Å². The second-order valence-electron chi connectivity index (χ2n) is 4.64. The van der Waals surface area contributed by atoms with E-state index < -0.39 is 24.3 Å². The lowest BCUT2D eigenvalue weighted by molar-refractivity contribution is -0.139. The first-order valence-electron chi connectivity index (χ1n) is 7.03. The molecule has 1 rings (SSSR count). The first-order valence-corrected chi connectivity index (χ1v) is 7.41. The summed E-state index contributed by atoms with van der Waals surface area (Å²) in [5, 5.41) is 16.4. The van der Waals surface area contributed by atoms with Crippen LogP contribution in [0.2, 0.25) is 5.02 Å². The first-order chi connectivity index (χ1) is 11.0. The normalized spacial score (nSPS) is 9.61. The van der Waals surface area contributed by atoms with Crippen LogP contribution in [0.5, 0.6) is 0 Å². The molecule has 1 aromatic carbocycles. The van der Waals surface area contributed by atoms with Crippen LogP contribution in [0.1, 0.15) is 25.3 Å². The third kappa shape index (κ3) is 6.36. The van der Waals surface area contributed by atoms with E-state index in [-0.39, 0.29) is 11.3 Å². The molecule has 0 radical (unpaired) electrons. The summed E-state index contributed by atoms with van der Waals surface area (Å²) in [4.78, 5) is 34.7. The number of nitrogens with one attached hydrogen (secondary N) is 3. The van der Waals surface area contributed by atoms with E-state index in [1.54, 1.807) is 0 Å². The number of hydrogen-bond acceptors (Lipinski definition) is 4. The molecule has 1 aromatic rings. The highest BCUT2D eigenvalue weighted by Crippen LogP contribution is 2.20. The van der Waals surface area contributed by atoms with Crippen molar-refractivity contribution in [1.82, 2.24) is 10.6 Å². The largest absolute Gasteiger partial charge is 0.348 e. The van der Waals surface area contributed by atoms with Crippen LogP contribution in [0.3, 0.4) is 0 Å². The predicted octanol–water partition coefficient (Wildman–Crippen LogP) is 1.18. The zero-order chi connectivity index (χ0) is 17.2. The van der Waals surface area contributed by atoms with Crippen molar-refractivity contribution in [3.8, 4) is 6.07 Å². The van der Waals surface area contributed by atoms with Crippen molar-refractivity contribution in [2.75, 3.05) is 18.4 Å². The third-order valence-electron chi connectivity index (χ3n) is 2.81. The SMILES string of the molecule is CCCCNC(=O)C(=O)NCC(=O)Nc1cc(Cl)ccc1C#N. The van der Waals surface area contributed by atoms with Gasteiger partial charge in [-0.05, 0) is 24.6 Å². The van der Waals surface area contributed by atoms with Crippen LogP contribution in [0.4, 0.5) is 5.69 Å². The molecule has 0 heterocycles. The topological polar surface area (TPSA) is 111 Å². The van der Waals surface area contributed by atoms with Crippen molar-refractivity contribution >= 4 is 35.0 Å². The van der Waals surface area contributed by atoms with Gasteiger partial charge in [0.1, 0.15) is 6.07 Å². The third-order valence-corrected chi connectivity index (χ3v) is 3.04. The van der Waals surface area contributed by atoms with Crippen molar-refractivity contribution < 1.29 is 14.4 Å². The van der Waals surface area contributed by atoms with E-state index in [2.05, 4.69) is 16.0 Å². The van der Waals surface area contributed by atoms with Gasteiger partial charge in [-0.25, -0.2) is 0 Å². The molecule has 0 unspecified atom stereocenters. The van der Waals surface area contributed by atoms with Crippen molar-refractivity contribution in [2.24, 2.45) is 0 Å². The fourth-order valence-electron chi connectivity index (χ4n) is 1.61. The quantitative estimate of drug-likeness (QED) is 0.535. The van der Waals surface area contributed by atoms with Gasteiger partial charge in [-0.3, -0.25) is 14.4 Å². The molecule has 0 atom stereocenters. The summed E-state index contributed by atoms with van der Waals surface area (Å²) in [7, 11) is 0. The van der Waals surface area contributed by atoms with Crippen LogP contribution in [-0.2, 0) is 14.4 Å². The van der Waals surface area contributed by atoms with Gasteiger partial charge in [-0.2, -0.15) is 5.26 Å². The Bertz CT molecular complexity index is 640. The summed E-state index contributed by atoms with van der Waals surface area (Å²) in [6, 6.07) is 6.34. The number of carbonyl (C=O) groups excluding carboxylic acids is 3. The van der Waals surface area contributed by atoms with E-state index in [9.17, 15) is 14.4 Å². The molecular weight excluding hydrogens is 320 g/mol. The molecule has 122 valence electrons. The second kappa shape index (κ2) is 9.43. The van der Waals surface area contributed by atoms with E-state index in [0.717, 1.165) is 12.8 Å². The minimum absolute atomic E-state index is 0.242. The molecule has 7 nitrogen and oxygen atoms in total. The van der Waals surface area contributed by atoms with Gasteiger partial charge in [0.05, 0.1) is 17.8 Å². The monoisotopic (exact) mass is 336 g/mol. The fourth-order valence-corrected chi connectivity index (χ4v) is 1.78. The minimum Gasteiger partial charge on any atom is -0.348 e. The highest BCUT2D eigenvalue weighted by Gasteiger charge is 2.14. The number of halogens is 1. The fraction of sp³-hybridized carbons (Fsp3) is 0.333. The molecule has 0 aliphatic carbocycles. The van der Waals surface area contributed by atoms with Crippen LogP contribution in [0.25, 0.3) is 0 Å². The molecule has 3 N–H and O–H groups in total. The zero-order valence-corrected chi connectivity index (χ0v) is 13.4. The van der Waals surface area contributed by atoms with Crippen molar-refractivity contribution in [1.29, 1.82) is 5.26 Å². The van der Waals surface area contributed by atoms with E-state index in [4.69, 9.17) is 16.9 Å². The van der Waals surface area contributed by atoms with E-state index >= 15 is 0 Å². The van der Waals surface area contributed by atoms with Gasteiger partial charge >= 0.3 is 11.8 Å². The maximum atomic E-state index is 11.8. The number of carbonyl (C=O) groups is 3. The number of anilines is 1. The number of nitriles is 1. The Morgan fingerprint density at radius 2 is 1.91 bits per heavy atom. The molecule has 0 aromatic heterocycles. The average molecular weight is 337 g/mol. The Kier molecular flexibility index (Phi) is 7.57. The molecule has 0 aliphatic heterocycles.